The summed E-state index contributed by atoms with van der Waals surface area (Å²) < 4.78 is 36.4. The molecular weight excluding hydrogens is 438 g/mol. The Labute approximate surface area is 200 Å². The van der Waals surface area contributed by atoms with Crippen LogP contribution in [0.4, 0.5) is 0 Å². The molecule has 34 heavy (non-hydrogen) atoms. The minimum absolute atomic E-state index is 0.00663. The molecule has 2 aromatic carbocycles. The number of nitrogens with zero attached hydrogens (tertiary/aromatic N) is 2. The van der Waals surface area contributed by atoms with Gasteiger partial charge in [-0.1, -0.05) is 30.3 Å². The van der Waals surface area contributed by atoms with Gasteiger partial charge in [0.1, 0.15) is 25.0 Å². The molecule has 2 fully saturated rings. The lowest BCUT2D eigenvalue weighted by atomic mass is 10.0. The van der Waals surface area contributed by atoms with E-state index in [4.69, 9.17) is 13.6 Å². The normalized spacial score (nSPS) is 22.1. The molecule has 9 nitrogen and oxygen atoms in total. The van der Waals surface area contributed by atoms with Crippen LogP contribution in [-0.2, 0) is 38.8 Å². The summed E-state index contributed by atoms with van der Waals surface area (Å²) in [6.07, 6.45) is 0.351. The number of imide groups is 1. The Morgan fingerprint density at radius 2 is 2.00 bits per heavy atom. The summed E-state index contributed by atoms with van der Waals surface area (Å²) in [4.78, 5) is 51.8. The number of piperidine rings is 1. The minimum atomic E-state index is -2.33. The highest BCUT2D eigenvalue weighted by atomic mass is 16.5. The number of ether oxygens (including phenoxy) is 2. The predicted octanol–water partition coefficient (Wildman–Crippen LogP) is 1.39. The quantitative estimate of drug-likeness (QED) is 0.645. The van der Waals surface area contributed by atoms with Crippen LogP contribution in [0, 0.1) is 0 Å². The number of hydrogen-bond donors (Lipinski definition) is 1. The smallest absolute Gasteiger partial charge is 0.255 e. The van der Waals surface area contributed by atoms with Crippen molar-refractivity contribution in [2.75, 3.05) is 19.8 Å². The second-order valence-electron chi connectivity index (χ2n) is 8.36. The zero-order valence-corrected chi connectivity index (χ0v) is 18.3. The molecule has 9 heteroatoms. The van der Waals surface area contributed by atoms with Crippen molar-refractivity contribution in [3.05, 3.63) is 64.7 Å². The lowest BCUT2D eigenvalue weighted by Gasteiger charge is -2.29. The highest BCUT2D eigenvalue weighted by Crippen LogP contribution is 2.34. The van der Waals surface area contributed by atoms with Gasteiger partial charge in [0.2, 0.25) is 17.7 Å². The Morgan fingerprint density at radius 3 is 2.79 bits per heavy atom. The summed E-state index contributed by atoms with van der Waals surface area (Å²) in [5.74, 6) is -1.30. The Hall–Kier alpha value is -3.72. The van der Waals surface area contributed by atoms with E-state index in [0.29, 0.717) is 29.8 Å². The van der Waals surface area contributed by atoms with Gasteiger partial charge in [0.15, 0.2) is 0 Å². The van der Waals surface area contributed by atoms with Crippen LogP contribution >= 0.6 is 0 Å². The maximum absolute atomic E-state index is 13.0. The van der Waals surface area contributed by atoms with Crippen LogP contribution < -0.4 is 10.1 Å². The zero-order chi connectivity index (χ0) is 26.3. The SMILES string of the molecule is [2H]c1cc(C([2H])([2H])Oc2cccc3c2CN(C2CCC(=O)NC2=O)C3=O)ccc1CN1CCOCC1=O. The average molecular weight is 467 g/mol. The predicted molar refractivity (Wildman–Crippen MR) is 119 cm³/mol. The van der Waals surface area contributed by atoms with Crippen molar-refractivity contribution < 1.29 is 32.8 Å². The molecule has 176 valence electrons. The fourth-order valence-electron chi connectivity index (χ4n) is 4.31. The number of nitrogens with one attached hydrogen (secondary N) is 1. The highest BCUT2D eigenvalue weighted by Gasteiger charge is 2.40. The van der Waals surface area contributed by atoms with Gasteiger partial charge in [0.05, 0.1) is 17.3 Å². The number of amides is 4. The molecule has 3 heterocycles. The third-order valence-electron chi connectivity index (χ3n) is 6.14. The van der Waals surface area contributed by atoms with Crippen LogP contribution in [0.2, 0.25) is 0 Å². The Kier molecular flexibility index (Phi) is 5.09. The van der Waals surface area contributed by atoms with Crippen LogP contribution in [0.1, 0.15) is 44.0 Å². The van der Waals surface area contributed by atoms with Gasteiger partial charge in [-0.15, -0.1) is 0 Å². The third kappa shape index (κ3) is 4.38. The lowest BCUT2D eigenvalue weighted by Crippen LogP contribution is -2.52. The van der Waals surface area contributed by atoms with Crippen LogP contribution in [0.3, 0.4) is 0 Å². The maximum Gasteiger partial charge on any atom is 0.255 e. The molecule has 1 unspecified atom stereocenters. The fraction of sp³-hybridized carbons (Fsp3) is 0.360. The monoisotopic (exact) mass is 466 g/mol. The van der Waals surface area contributed by atoms with Gasteiger partial charge in [-0.05, 0) is 29.7 Å². The summed E-state index contributed by atoms with van der Waals surface area (Å²) in [7, 11) is 0. The van der Waals surface area contributed by atoms with Crippen molar-refractivity contribution in [2.24, 2.45) is 0 Å². The first-order valence-electron chi connectivity index (χ1n) is 12.5. The first-order chi connectivity index (χ1) is 17.6. The Balaban J connectivity index is 1.34. The third-order valence-corrected chi connectivity index (χ3v) is 6.14. The second-order valence-corrected chi connectivity index (χ2v) is 8.36. The van der Waals surface area contributed by atoms with E-state index in [9.17, 15) is 19.2 Å². The molecule has 1 atom stereocenters. The van der Waals surface area contributed by atoms with E-state index in [1.807, 2.05) is 0 Å². The minimum Gasteiger partial charge on any atom is -0.489 e. The molecule has 0 radical (unpaired) electrons. The van der Waals surface area contributed by atoms with Gasteiger partial charge < -0.3 is 19.3 Å². The lowest BCUT2D eigenvalue weighted by molar-refractivity contribution is -0.143. The van der Waals surface area contributed by atoms with E-state index >= 15 is 0 Å². The van der Waals surface area contributed by atoms with E-state index in [-0.39, 0.29) is 67.6 Å². The van der Waals surface area contributed by atoms with Gasteiger partial charge in [-0.25, -0.2) is 0 Å². The topological polar surface area (TPSA) is 105 Å². The molecule has 3 aliphatic rings. The Morgan fingerprint density at radius 1 is 1.15 bits per heavy atom. The van der Waals surface area contributed by atoms with E-state index in [1.54, 1.807) is 29.2 Å². The molecule has 4 amide bonds. The van der Waals surface area contributed by atoms with Crippen LogP contribution in [0.15, 0.2) is 42.4 Å². The fourth-order valence-corrected chi connectivity index (χ4v) is 4.31. The van der Waals surface area contributed by atoms with Gasteiger partial charge in [-0.3, -0.25) is 24.5 Å². The number of hydrogen-bond acceptors (Lipinski definition) is 6. The van der Waals surface area contributed by atoms with E-state index in [1.165, 1.54) is 17.0 Å². The maximum atomic E-state index is 13.0. The summed E-state index contributed by atoms with van der Waals surface area (Å²) in [6, 6.07) is 8.49. The molecule has 0 aromatic heterocycles. The van der Waals surface area contributed by atoms with Crippen molar-refractivity contribution in [3.8, 4) is 5.75 Å². The van der Waals surface area contributed by atoms with E-state index in [0.717, 1.165) is 0 Å². The van der Waals surface area contributed by atoms with Crippen molar-refractivity contribution in [2.45, 2.75) is 38.5 Å². The summed E-state index contributed by atoms with van der Waals surface area (Å²) >= 11 is 0. The van der Waals surface area contributed by atoms with Crippen molar-refractivity contribution >= 4 is 23.6 Å². The zero-order valence-electron chi connectivity index (χ0n) is 21.3. The number of fused-ring (bicyclic) bond motifs is 1. The molecule has 3 aliphatic heterocycles. The summed E-state index contributed by atoms with van der Waals surface area (Å²) in [6.45, 7) is -1.19. The van der Waals surface area contributed by atoms with Gasteiger partial charge in [-0.2, -0.15) is 0 Å². The van der Waals surface area contributed by atoms with Gasteiger partial charge in [0, 0.05) is 30.6 Å². The molecule has 0 bridgehead atoms. The van der Waals surface area contributed by atoms with Crippen LogP contribution in [0.25, 0.3) is 0 Å². The number of benzene rings is 2. The number of rotatable bonds is 6. The number of carbonyl (C=O) groups excluding carboxylic acids is 4. The molecule has 1 N–H and O–H groups in total. The van der Waals surface area contributed by atoms with E-state index < -0.39 is 18.5 Å². The summed E-state index contributed by atoms with van der Waals surface area (Å²) in [5.41, 5.74) is 1.44. The average Bonchev–Trinajstić information content (AvgIpc) is 3.19. The molecule has 2 saturated heterocycles. The second kappa shape index (κ2) is 9.26. The Bertz CT molecular complexity index is 1300. The van der Waals surface area contributed by atoms with Gasteiger partial charge >= 0.3 is 0 Å². The first-order valence-corrected chi connectivity index (χ1v) is 11.0. The van der Waals surface area contributed by atoms with Crippen molar-refractivity contribution in [1.29, 1.82) is 0 Å². The van der Waals surface area contributed by atoms with E-state index in [2.05, 4.69) is 5.32 Å². The number of morpholine rings is 1. The molecule has 0 saturated carbocycles. The van der Waals surface area contributed by atoms with Crippen LogP contribution in [0.5, 0.6) is 5.75 Å². The molecule has 5 rings (SSSR count). The standard InChI is InChI=1S/C25H25N3O6/c29-22-9-8-20(24(31)26-22)28-13-19-18(25(28)32)2-1-3-21(19)34-14-17-6-4-16(5-7-17)12-27-10-11-33-15-23(27)30/h1-7,20H,8-15H2,(H,26,29,31)/i4D,14D2. The van der Waals surface area contributed by atoms with Crippen molar-refractivity contribution in [1.82, 2.24) is 15.1 Å². The molecule has 2 aromatic rings. The van der Waals surface area contributed by atoms with Crippen molar-refractivity contribution in [3.63, 3.8) is 0 Å². The molecule has 0 spiro atoms. The summed E-state index contributed by atoms with van der Waals surface area (Å²) in [5, 5.41) is 2.26. The first kappa shape index (κ1) is 18.7. The van der Waals surface area contributed by atoms with Crippen LogP contribution in [-0.4, -0.2) is 59.2 Å². The largest absolute Gasteiger partial charge is 0.489 e. The highest BCUT2D eigenvalue weighted by molar-refractivity contribution is 6.05. The molecule has 0 aliphatic carbocycles. The number of carbonyl (C=O) groups is 4. The molecular formula is C25H25N3O6. The van der Waals surface area contributed by atoms with Gasteiger partial charge in [0.25, 0.3) is 5.91 Å².